The second kappa shape index (κ2) is 11.0. The molecule has 1 N–H and O–H groups in total. The largest absolute Gasteiger partial charge is 0.400 e. The highest BCUT2D eigenvalue weighted by Gasteiger charge is 2.22. The zero-order valence-electron chi connectivity index (χ0n) is 9.64. The van der Waals surface area contributed by atoms with Gasteiger partial charge in [-0.1, -0.05) is 0 Å². The lowest BCUT2D eigenvalue weighted by Gasteiger charge is -2.10. The molecule has 0 bridgehead atoms. The van der Waals surface area contributed by atoms with Crippen molar-refractivity contribution in [1.82, 2.24) is 0 Å². The van der Waals surface area contributed by atoms with Crippen LogP contribution in [0, 0.1) is 10.1 Å². The Bertz CT molecular complexity index is 165. The number of ether oxygens (including phenoxy) is 2. The molecule has 0 amide bonds. The van der Waals surface area contributed by atoms with Gasteiger partial charge in [-0.3, -0.25) is 10.1 Å². The van der Waals surface area contributed by atoms with E-state index in [0.29, 0.717) is 6.10 Å². The molecule has 1 saturated heterocycles. The number of hydrogen-bond acceptors (Lipinski definition) is 6. The Morgan fingerprint density at radius 2 is 2.06 bits per heavy atom. The van der Waals surface area contributed by atoms with Crippen LogP contribution in [0.25, 0.3) is 0 Å². The first kappa shape index (κ1) is 15.5. The van der Waals surface area contributed by atoms with E-state index in [1.807, 2.05) is 0 Å². The summed E-state index contributed by atoms with van der Waals surface area (Å²) in [5.74, 6) is 0. The fourth-order valence-corrected chi connectivity index (χ4v) is 2.23. The SMILES string of the molecule is CO[SiH](CCCOCC1CO1)OC.O=[NH+][O-]. The molecule has 0 radical (unpaired) electrons. The molecule has 1 atom stereocenters. The second-order valence-electron chi connectivity index (χ2n) is 3.16. The molecule has 0 aromatic heterocycles. The maximum atomic E-state index is 8.12. The molecule has 0 aliphatic carbocycles. The standard InChI is InChI=1S/C8H18O4Si.HNO2/c1-9-13(10-2)5-3-4-11-6-8-7-12-8;2-1-3/h8,13H,3-7H2,1-2H3;1H. The van der Waals surface area contributed by atoms with E-state index >= 15 is 0 Å². The van der Waals surface area contributed by atoms with Crippen LogP contribution in [0.1, 0.15) is 6.42 Å². The third kappa shape index (κ3) is 9.99. The van der Waals surface area contributed by atoms with E-state index in [2.05, 4.69) is 0 Å². The van der Waals surface area contributed by atoms with Crippen LogP contribution >= 0.6 is 0 Å². The fourth-order valence-electron chi connectivity index (χ4n) is 1.06. The van der Waals surface area contributed by atoms with Gasteiger partial charge in [-0.05, 0) is 12.5 Å². The Balaban J connectivity index is 0.000000673. The lowest BCUT2D eigenvalue weighted by molar-refractivity contribution is -0.398. The molecular formula is C8H19NO6Si. The first-order chi connectivity index (χ1) is 7.78. The first-order valence-electron chi connectivity index (χ1n) is 5.02. The summed E-state index contributed by atoms with van der Waals surface area (Å²) in [6.45, 7) is 2.40. The molecule has 16 heavy (non-hydrogen) atoms. The van der Waals surface area contributed by atoms with Crippen LogP contribution in [0.15, 0.2) is 0 Å². The molecule has 1 unspecified atom stereocenters. The Morgan fingerprint density at radius 1 is 1.50 bits per heavy atom. The van der Waals surface area contributed by atoms with Crippen molar-refractivity contribution in [2.75, 3.05) is 34.0 Å². The van der Waals surface area contributed by atoms with Crippen LogP contribution in [0.2, 0.25) is 6.04 Å². The van der Waals surface area contributed by atoms with Crippen molar-refractivity contribution in [1.29, 1.82) is 0 Å². The third-order valence-corrected chi connectivity index (χ3v) is 3.89. The summed E-state index contributed by atoms with van der Waals surface area (Å²) < 4.78 is 20.7. The van der Waals surface area contributed by atoms with Gasteiger partial charge >= 0.3 is 9.28 Å². The maximum absolute atomic E-state index is 8.12. The van der Waals surface area contributed by atoms with E-state index in [1.54, 1.807) is 14.2 Å². The van der Waals surface area contributed by atoms with Crippen molar-refractivity contribution in [3.05, 3.63) is 10.1 Å². The Kier molecular flexibility index (Phi) is 10.6. The molecule has 8 heteroatoms. The second-order valence-corrected chi connectivity index (χ2v) is 5.54. The van der Waals surface area contributed by atoms with Gasteiger partial charge in [0.1, 0.15) is 6.10 Å². The van der Waals surface area contributed by atoms with Gasteiger partial charge < -0.3 is 18.3 Å². The van der Waals surface area contributed by atoms with Gasteiger partial charge in [-0.15, -0.1) is 0 Å². The van der Waals surface area contributed by atoms with Gasteiger partial charge in [-0.2, -0.15) is 0 Å². The third-order valence-electron chi connectivity index (χ3n) is 1.96. The quantitative estimate of drug-likeness (QED) is 0.189. The lowest BCUT2D eigenvalue weighted by atomic mass is 10.5. The monoisotopic (exact) mass is 253 g/mol. The van der Waals surface area contributed by atoms with Crippen molar-refractivity contribution >= 4 is 9.28 Å². The predicted molar refractivity (Wildman–Crippen MR) is 58.8 cm³/mol. The molecular weight excluding hydrogens is 234 g/mol. The first-order valence-corrected chi connectivity index (χ1v) is 6.78. The Hall–Kier alpha value is -0.543. The highest BCUT2D eigenvalue weighted by molar-refractivity contribution is 6.44. The number of nitrogens with one attached hydrogen (secondary N) is 1. The van der Waals surface area contributed by atoms with Gasteiger partial charge in [-0.25, -0.2) is 0 Å². The average Bonchev–Trinajstić information content (AvgIpc) is 3.08. The zero-order valence-corrected chi connectivity index (χ0v) is 10.8. The van der Waals surface area contributed by atoms with E-state index < -0.39 is 9.28 Å². The maximum Gasteiger partial charge on any atom is 0.320 e. The van der Waals surface area contributed by atoms with E-state index in [0.717, 1.165) is 32.3 Å². The summed E-state index contributed by atoms with van der Waals surface area (Å²) in [4.78, 5) is 8.12. The molecule has 1 rings (SSSR count). The van der Waals surface area contributed by atoms with Crippen LogP contribution in [0.4, 0.5) is 0 Å². The molecule has 1 aliphatic rings. The van der Waals surface area contributed by atoms with Crippen molar-refractivity contribution in [2.45, 2.75) is 18.6 Å². The summed E-state index contributed by atoms with van der Waals surface area (Å²) in [6, 6.07) is 1.01. The Labute approximate surface area is 96.4 Å². The van der Waals surface area contributed by atoms with Gasteiger partial charge in [0.05, 0.1) is 13.2 Å². The molecule has 0 aromatic rings. The zero-order chi connectivity index (χ0) is 12.2. The molecule has 96 valence electrons. The summed E-state index contributed by atoms with van der Waals surface area (Å²) in [7, 11) is 2.06. The van der Waals surface area contributed by atoms with Gasteiger partial charge in [0.2, 0.25) is 0 Å². The average molecular weight is 253 g/mol. The van der Waals surface area contributed by atoms with Crippen LogP contribution < -0.4 is 5.34 Å². The van der Waals surface area contributed by atoms with Crippen molar-refractivity contribution in [2.24, 2.45) is 0 Å². The topological polar surface area (TPSA) is 94.3 Å². The number of epoxide rings is 1. The predicted octanol–water partition coefficient (Wildman–Crippen LogP) is -1.36. The van der Waals surface area contributed by atoms with Gasteiger partial charge in [0.15, 0.2) is 0 Å². The van der Waals surface area contributed by atoms with Crippen LogP contribution in [0.3, 0.4) is 0 Å². The van der Waals surface area contributed by atoms with E-state index in [4.69, 9.17) is 28.4 Å². The van der Waals surface area contributed by atoms with Crippen LogP contribution in [-0.4, -0.2) is 49.4 Å². The van der Waals surface area contributed by atoms with Crippen molar-refractivity contribution in [3.8, 4) is 0 Å². The van der Waals surface area contributed by atoms with Crippen molar-refractivity contribution in [3.63, 3.8) is 0 Å². The molecule has 7 nitrogen and oxygen atoms in total. The lowest BCUT2D eigenvalue weighted by Crippen LogP contribution is -2.53. The smallest absolute Gasteiger partial charge is 0.320 e. The minimum atomic E-state index is -1.35. The van der Waals surface area contributed by atoms with E-state index in [9.17, 15) is 0 Å². The number of rotatable bonds is 8. The summed E-state index contributed by atoms with van der Waals surface area (Å²) in [6.07, 6.45) is 1.39. The summed E-state index contributed by atoms with van der Waals surface area (Å²) in [5.41, 5.74) is 0. The highest BCUT2D eigenvalue weighted by Crippen LogP contribution is 2.09. The fraction of sp³-hybridized carbons (Fsp3) is 1.00. The molecule has 1 aliphatic heterocycles. The molecule has 0 spiro atoms. The van der Waals surface area contributed by atoms with Crippen LogP contribution in [0.5, 0.6) is 0 Å². The minimum Gasteiger partial charge on any atom is -0.400 e. The Morgan fingerprint density at radius 3 is 2.50 bits per heavy atom. The van der Waals surface area contributed by atoms with Gasteiger partial charge in [0.25, 0.3) is 0 Å². The van der Waals surface area contributed by atoms with Gasteiger partial charge in [0, 0.05) is 26.2 Å². The van der Waals surface area contributed by atoms with E-state index in [1.165, 1.54) is 0 Å². The summed E-state index contributed by atoms with van der Waals surface area (Å²) in [5, 5.41) is 8.38. The summed E-state index contributed by atoms with van der Waals surface area (Å²) >= 11 is 0. The van der Waals surface area contributed by atoms with E-state index in [-0.39, 0.29) is 5.34 Å². The number of hydrogen-bond donors (Lipinski definition) is 1. The molecule has 0 saturated carbocycles. The normalized spacial score (nSPS) is 17.8. The van der Waals surface area contributed by atoms with Crippen LogP contribution in [-0.2, 0) is 18.3 Å². The highest BCUT2D eigenvalue weighted by atomic mass is 28.3. The van der Waals surface area contributed by atoms with Crippen molar-refractivity contribution < 1.29 is 23.7 Å². The molecule has 1 fully saturated rings. The minimum absolute atomic E-state index is 0.250. The molecule has 0 aromatic carbocycles. The molecule has 1 heterocycles.